The summed E-state index contributed by atoms with van der Waals surface area (Å²) >= 11 is 0. The largest absolute Gasteiger partial charge is 0.0572 e. The van der Waals surface area contributed by atoms with Gasteiger partial charge in [-0.25, -0.2) is 0 Å². The lowest BCUT2D eigenvalue weighted by atomic mass is 9.72. The normalized spacial score (nSPS) is 14.7. The molecule has 0 aliphatic heterocycles. The molecule has 0 nitrogen and oxygen atoms in total. The van der Waals surface area contributed by atoms with Crippen LogP contribution in [0.2, 0.25) is 0 Å². The van der Waals surface area contributed by atoms with Crippen molar-refractivity contribution < 1.29 is 0 Å². The van der Waals surface area contributed by atoms with E-state index in [1.165, 1.54) is 71.3 Å². The van der Waals surface area contributed by atoms with Crippen molar-refractivity contribution in [2.45, 2.75) is 131 Å². The monoisotopic (exact) mass is 506 g/mol. The minimum absolute atomic E-state index is 0.0320. The minimum Gasteiger partial charge on any atom is -0.0572 e. The highest BCUT2D eigenvalue weighted by Gasteiger charge is 2.36. The zero-order valence-electron chi connectivity index (χ0n) is 26.9. The molecule has 202 valence electrons. The van der Waals surface area contributed by atoms with Gasteiger partial charge < -0.3 is 0 Å². The van der Waals surface area contributed by atoms with Gasteiger partial charge in [0, 0.05) is 0 Å². The Kier molecular flexibility index (Phi) is 5.48. The van der Waals surface area contributed by atoms with Crippen LogP contribution in [0, 0.1) is 0 Å². The Hall–Kier alpha value is -2.34. The van der Waals surface area contributed by atoms with Crippen LogP contribution >= 0.6 is 0 Å². The molecule has 0 heterocycles. The van der Waals surface area contributed by atoms with Crippen LogP contribution in [-0.4, -0.2) is 0 Å². The maximum absolute atomic E-state index is 2.59. The van der Waals surface area contributed by atoms with Gasteiger partial charge in [0.15, 0.2) is 0 Å². The predicted octanol–water partition coefficient (Wildman–Crippen LogP) is 11.6. The standard InChI is InChI=1S/C38H50/c1-34(2,3)24-17-16-21-29-22(24)18-26(36(7,8)9)32-27(37(10,11)12)19-23-25(35(4,5)6)20-28(38(13,14)15)30(21)31(23)33(29)32/h16-20H,1-15H3. The summed E-state index contributed by atoms with van der Waals surface area (Å²) in [6.45, 7) is 35.8. The first-order valence-electron chi connectivity index (χ1n) is 14.6. The van der Waals surface area contributed by atoms with Gasteiger partial charge in [0.05, 0.1) is 0 Å². The molecule has 1 aliphatic carbocycles. The first-order valence-corrected chi connectivity index (χ1v) is 14.6. The zero-order chi connectivity index (χ0) is 28.5. The number of fused-ring (bicyclic) bond motifs is 1. The number of hydrogen-bond donors (Lipinski definition) is 0. The molecule has 1 aliphatic rings. The summed E-state index contributed by atoms with van der Waals surface area (Å²) in [6, 6.07) is 12.6. The number of hydrogen-bond acceptors (Lipinski definition) is 0. The van der Waals surface area contributed by atoms with Gasteiger partial charge in [0.1, 0.15) is 0 Å². The quantitative estimate of drug-likeness (QED) is 0.183. The Labute approximate surface area is 232 Å². The van der Waals surface area contributed by atoms with E-state index < -0.39 is 0 Å². The summed E-state index contributed by atoms with van der Waals surface area (Å²) < 4.78 is 0. The molecule has 0 atom stereocenters. The van der Waals surface area contributed by atoms with E-state index in [0.29, 0.717) is 0 Å². The zero-order valence-corrected chi connectivity index (χ0v) is 26.9. The summed E-state index contributed by atoms with van der Waals surface area (Å²) in [5, 5.41) is 8.92. The van der Waals surface area contributed by atoms with Crippen molar-refractivity contribution in [3.63, 3.8) is 0 Å². The molecule has 4 aromatic carbocycles. The second-order valence-electron chi connectivity index (χ2n) is 17.2. The van der Waals surface area contributed by atoms with Gasteiger partial charge in [-0.05, 0) is 110 Å². The fourth-order valence-electron chi connectivity index (χ4n) is 6.91. The van der Waals surface area contributed by atoms with Crippen molar-refractivity contribution in [1.82, 2.24) is 0 Å². The molecule has 0 spiro atoms. The molecule has 0 fully saturated rings. The molecule has 0 aromatic heterocycles. The molecule has 38 heavy (non-hydrogen) atoms. The Balaban J connectivity index is 2.25. The molecule has 0 unspecified atom stereocenters. The van der Waals surface area contributed by atoms with Crippen LogP contribution in [0.3, 0.4) is 0 Å². The van der Waals surface area contributed by atoms with Crippen LogP contribution in [0.1, 0.15) is 132 Å². The highest BCUT2D eigenvalue weighted by Crippen LogP contribution is 2.57. The van der Waals surface area contributed by atoms with Crippen molar-refractivity contribution in [2.75, 3.05) is 0 Å². The maximum Gasteiger partial charge on any atom is -0.000803 e. The molecule has 0 radical (unpaired) electrons. The van der Waals surface area contributed by atoms with Crippen LogP contribution < -0.4 is 0 Å². The third-order valence-corrected chi connectivity index (χ3v) is 8.79. The molecule has 0 bridgehead atoms. The van der Waals surface area contributed by atoms with E-state index in [2.05, 4.69) is 134 Å². The Morgan fingerprint density at radius 1 is 0.342 bits per heavy atom. The highest BCUT2D eigenvalue weighted by molar-refractivity contribution is 6.35. The van der Waals surface area contributed by atoms with E-state index in [9.17, 15) is 0 Å². The number of benzene rings is 4. The predicted molar refractivity (Wildman–Crippen MR) is 171 cm³/mol. The van der Waals surface area contributed by atoms with Crippen LogP contribution in [-0.2, 0) is 27.1 Å². The van der Waals surface area contributed by atoms with Crippen molar-refractivity contribution in [3.05, 3.63) is 58.1 Å². The third kappa shape index (κ3) is 3.84. The van der Waals surface area contributed by atoms with E-state index in [-0.39, 0.29) is 27.1 Å². The Bertz CT molecular complexity index is 1620. The Morgan fingerprint density at radius 2 is 0.763 bits per heavy atom. The smallest absolute Gasteiger partial charge is 0.000803 e. The first kappa shape index (κ1) is 27.2. The Morgan fingerprint density at radius 3 is 1.18 bits per heavy atom. The summed E-state index contributed by atoms with van der Waals surface area (Å²) in [5.41, 5.74) is 10.5. The fraction of sp³-hybridized carbons (Fsp3) is 0.526. The molecular weight excluding hydrogens is 456 g/mol. The van der Waals surface area contributed by atoms with Gasteiger partial charge in [0.2, 0.25) is 0 Å². The van der Waals surface area contributed by atoms with E-state index in [0.717, 1.165) is 0 Å². The van der Waals surface area contributed by atoms with Gasteiger partial charge in [0.25, 0.3) is 0 Å². The van der Waals surface area contributed by atoms with Crippen molar-refractivity contribution in [2.24, 2.45) is 0 Å². The molecule has 0 saturated carbocycles. The molecule has 0 amide bonds. The van der Waals surface area contributed by atoms with E-state index in [1.807, 2.05) is 0 Å². The van der Waals surface area contributed by atoms with E-state index in [1.54, 1.807) is 0 Å². The van der Waals surface area contributed by atoms with Crippen LogP contribution in [0.5, 0.6) is 0 Å². The van der Waals surface area contributed by atoms with E-state index in [4.69, 9.17) is 0 Å². The lowest BCUT2D eigenvalue weighted by molar-refractivity contribution is 0.572. The molecule has 0 saturated heterocycles. The SMILES string of the molecule is CC(C)(C)c1cc(C(C)(C)C)c2cc(C(C)(C)C)c3c(C(C)(C)C)cc4c(C(C)(C)C)ccc5c4c3c2c1-5. The van der Waals surface area contributed by atoms with E-state index >= 15 is 0 Å². The van der Waals surface area contributed by atoms with Crippen LogP contribution in [0.25, 0.3) is 43.4 Å². The van der Waals surface area contributed by atoms with Crippen LogP contribution in [0.4, 0.5) is 0 Å². The van der Waals surface area contributed by atoms with Crippen molar-refractivity contribution in [1.29, 1.82) is 0 Å². The summed E-state index contributed by atoms with van der Waals surface area (Å²) in [4.78, 5) is 0. The van der Waals surface area contributed by atoms with Crippen LogP contribution in [0.15, 0.2) is 30.3 Å². The van der Waals surface area contributed by atoms with Gasteiger partial charge >= 0.3 is 0 Å². The third-order valence-electron chi connectivity index (χ3n) is 8.79. The molecule has 5 rings (SSSR count). The second kappa shape index (κ2) is 7.65. The summed E-state index contributed by atoms with van der Waals surface area (Å²) in [7, 11) is 0. The van der Waals surface area contributed by atoms with Crippen molar-refractivity contribution >= 4 is 32.3 Å². The van der Waals surface area contributed by atoms with Gasteiger partial charge in [-0.1, -0.05) is 122 Å². The molecule has 0 N–H and O–H groups in total. The van der Waals surface area contributed by atoms with Crippen molar-refractivity contribution in [3.8, 4) is 11.1 Å². The summed E-state index contributed by atoms with van der Waals surface area (Å²) in [5.74, 6) is 0. The maximum atomic E-state index is 2.59. The van der Waals surface area contributed by atoms with Gasteiger partial charge in [-0.2, -0.15) is 0 Å². The topological polar surface area (TPSA) is 0 Å². The molecule has 4 aromatic rings. The summed E-state index contributed by atoms with van der Waals surface area (Å²) in [6.07, 6.45) is 0. The minimum atomic E-state index is 0.0320. The lowest BCUT2D eigenvalue weighted by Crippen LogP contribution is -2.20. The average Bonchev–Trinajstić information content (AvgIpc) is 3.06. The second-order valence-corrected chi connectivity index (χ2v) is 17.2. The number of rotatable bonds is 0. The van der Waals surface area contributed by atoms with Gasteiger partial charge in [-0.3, -0.25) is 0 Å². The first-order chi connectivity index (χ1) is 17.0. The van der Waals surface area contributed by atoms with Gasteiger partial charge in [-0.15, -0.1) is 0 Å². The highest BCUT2D eigenvalue weighted by atomic mass is 14.4. The lowest BCUT2D eigenvalue weighted by Gasteiger charge is -2.32. The molecular formula is C38H50. The molecule has 0 heteroatoms. The fourth-order valence-corrected chi connectivity index (χ4v) is 6.91. The average molecular weight is 507 g/mol.